The average Bonchev–Trinajstić information content (AvgIpc) is 2.51. The molecule has 0 bridgehead atoms. The number of esters is 1. The zero-order valence-electron chi connectivity index (χ0n) is 16.4. The Morgan fingerprint density at radius 3 is 2.62 bits per heavy atom. The number of unbranched alkanes of at least 4 members (excludes halogenated alkanes) is 2. The molecule has 4 heteroatoms. The van der Waals surface area contributed by atoms with Crippen LogP contribution >= 0.6 is 0 Å². The molecule has 1 unspecified atom stereocenters. The minimum absolute atomic E-state index is 0.174. The van der Waals surface area contributed by atoms with Crippen LogP contribution < -0.4 is 0 Å². The highest BCUT2D eigenvalue weighted by Gasteiger charge is 2.21. The Balaban J connectivity index is 2.09. The molecule has 1 aliphatic heterocycles. The summed E-state index contributed by atoms with van der Waals surface area (Å²) in [4.78, 5) is 13.3. The Bertz CT molecular complexity index is 333. The van der Waals surface area contributed by atoms with E-state index in [4.69, 9.17) is 9.47 Å². The van der Waals surface area contributed by atoms with Gasteiger partial charge in [0.2, 0.25) is 0 Å². The number of rotatable bonds is 12. The molecule has 0 saturated carbocycles. The summed E-state index contributed by atoms with van der Waals surface area (Å²) in [6.07, 6.45) is 8.84. The summed E-state index contributed by atoms with van der Waals surface area (Å²) in [7, 11) is 0. The van der Waals surface area contributed by atoms with Crippen LogP contribution in [0, 0.1) is 11.8 Å². The fraction of sp³-hybridized carbons (Fsp3) is 0.950. The molecule has 1 heterocycles. The van der Waals surface area contributed by atoms with Gasteiger partial charge in [-0.05, 0) is 44.1 Å². The first kappa shape index (κ1) is 21.4. The first-order valence-electron chi connectivity index (χ1n) is 9.94. The quantitative estimate of drug-likeness (QED) is 0.392. The molecule has 1 aliphatic rings. The summed E-state index contributed by atoms with van der Waals surface area (Å²) in [6.45, 7) is 13.3. The molecule has 0 N–H and O–H groups in total. The lowest BCUT2D eigenvalue weighted by molar-refractivity contribution is -0.141. The molecule has 1 saturated heterocycles. The Morgan fingerprint density at radius 2 is 1.92 bits per heavy atom. The Kier molecular flexibility index (Phi) is 11.4. The van der Waals surface area contributed by atoms with Crippen LogP contribution in [0.1, 0.15) is 72.6 Å². The smallest absolute Gasteiger partial charge is 0.302 e. The van der Waals surface area contributed by atoms with Crippen LogP contribution in [0.4, 0.5) is 0 Å². The van der Waals surface area contributed by atoms with E-state index in [9.17, 15) is 4.79 Å². The monoisotopic (exact) mass is 341 g/mol. The van der Waals surface area contributed by atoms with Crippen molar-refractivity contribution in [3.8, 4) is 0 Å². The van der Waals surface area contributed by atoms with Crippen LogP contribution in [0.15, 0.2) is 0 Å². The number of ether oxygens (including phenoxy) is 2. The van der Waals surface area contributed by atoms with E-state index >= 15 is 0 Å². The number of morpholine rings is 1. The van der Waals surface area contributed by atoms with Crippen LogP contribution in [0.25, 0.3) is 0 Å². The van der Waals surface area contributed by atoms with Crippen molar-refractivity contribution < 1.29 is 14.3 Å². The van der Waals surface area contributed by atoms with Gasteiger partial charge in [-0.25, -0.2) is 0 Å². The fourth-order valence-corrected chi connectivity index (χ4v) is 3.39. The Labute approximate surface area is 149 Å². The third kappa shape index (κ3) is 11.0. The van der Waals surface area contributed by atoms with E-state index in [-0.39, 0.29) is 5.97 Å². The summed E-state index contributed by atoms with van der Waals surface area (Å²) in [5, 5.41) is 0. The molecular formula is C20H39NO3. The summed E-state index contributed by atoms with van der Waals surface area (Å²) in [6, 6.07) is 0. The van der Waals surface area contributed by atoms with E-state index in [2.05, 4.69) is 25.7 Å². The lowest BCUT2D eigenvalue weighted by Gasteiger charge is -2.34. The molecule has 0 amide bonds. The second-order valence-corrected chi connectivity index (χ2v) is 7.86. The molecule has 4 nitrogen and oxygen atoms in total. The Hall–Kier alpha value is -0.610. The number of carbonyl (C=O) groups excluding carboxylic acids is 1. The first-order valence-corrected chi connectivity index (χ1v) is 9.94. The molecule has 0 aromatic heterocycles. The maximum absolute atomic E-state index is 10.7. The SMILES string of the molecule is CC(=O)OCCCC[C@@H](C)CC1CN(CCCCC(C)C)CCO1. The van der Waals surface area contributed by atoms with E-state index < -0.39 is 0 Å². The molecule has 0 aliphatic carbocycles. The molecule has 2 atom stereocenters. The minimum atomic E-state index is -0.174. The van der Waals surface area contributed by atoms with Crippen LogP contribution in [0.2, 0.25) is 0 Å². The molecule has 142 valence electrons. The van der Waals surface area contributed by atoms with E-state index in [0.717, 1.165) is 44.9 Å². The van der Waals surface area contributed by atoms with Gasteiger partial charge < -0.3 is 9.47 Å². The van der Waals surface area contributed by atoms with Gasteiger partial charge in [0.1, 0.15) is 0 Å². The van der Waals surface area contributed by atoms with E-state index in [1.54, 1.807) is 0 Å². The maximum atomic E-state index is 10.7. The number of hydrogen-bond donors (Lipinski definition) is 0. The van der Waals surface area contributed by atoms with Crippen molar-refractivity contribution >= 4 is 5.97 Å². The number of carbonyl (C=O) groups is 1. The zero-order valence-corrected chi connectivity index (χ0v) is 16.4. The second kappa shape index (κ2) is 12.7. The van der Waals surface area contributed by atoms with Crippen LogP contribution in [-0.4, -0.2) is 49.8 Å². The summed E-state index contributed by atoms with van der Waals surface area (Å²) >= 11 is 0. The van der Waals surface area contributed by atoms with Crippen molar-refractivity contribution in [2.45, 2.75) is 78.7 Å². The number of nitrogens with zero attached hydrogens (tertiary/aromatic N) is 1. The third-order valence-electron chi connectivity index (χ3n) is 4.79. The van der Waals surface area contributed by atoms with E-state index in [0.29, 0.717) is 18.6 Å². The highest BCUT2D eigenvalue weighted by atomic mass is 16.5. The van der Waals surface area contributed by atoms with Gasteiger partial charge in [0.05, 0.1) is 19.3 Å². The van der Waals surface area contributed by atoms with Crippen LogP contribution in [0.5, 0.6) is 0 Å². The Morgan fingerprint density at radius 1 is 1.17 bits per heavy atom. The lowest BCUT2D eigenvalue weighted by atomic mass is 9.96. The van der Waals surface area contributed by atoms with Crippen molar-refractivity contribution in [2.75, 3.05) is 32.8 Å². The molecule has 1 fully saturated rings. The molecule has 0 spiro atoms. The normalized spacial score (nSPS) is 20.3. The van der Waals surface area contributed by atoms with Gasteiger partial charge in [-0.3, -0.25) is 9.69 Å². The molecule has 1 rings (SSSR count). The van der Waals surface area contributed by atoms with Crippen molar-refractivity contribution in [1.82, 2.24) is 4.90 Å². The number of hydrogen-bond acceptors (Lipinski definition) is 4. The van der Waals surface area contributed by atoms with Gasteiger partial charge in [-0.1, -0.05) is 40.0 Å². The second-order valence-electron chi connectivity index (χ2n) is 7.86. The first-order chi connectivity index (χ1) is 11.5. The van der Waals surface area contributed by atoms with Gasteiger partial charge in [0, 0.05) is 20.0 Å². The van der Waals surface area contributed by atoms with Crippen molar-refractivity contribution in [3.05, 3.63) is 0 Å². The summed E-state index contributed by atoms with van der Waals surface area (Å²) in [5.41, 5.74) is 0. The molecule has 0 aromatic carbocycles. The van der Waals surface area contributed by atoms with Crippen molar-refractivity contribution in [2.24, 2.45) is 11.8 Å². The van der Waals surface area contributed by atoms with Crippen molar-refractivity contribution in [3.63, 3.8) is 0 Å². The average molecular weight is 342 g/mol. The molecular weight excluding hydrogens is 302 g/mol. The summed E-state index contributed by atoms with van der Waals surface area (Å²) < 4.78 is 11.0. The predicted molar refractivity (Wildman–Crippen MR) is 99.1 cm³/mol. The van der Waals surface area contributed by atoms with Crippen LogP contribution in [-0.2, 0) is 14.3 Å². The predicted octanol–water partition coefficient (Wildman–Crippen LogP) is 4.27. The van der Waals surface area contributed by atoms with E-state index in [1.807, 2.05) is 0 Å². The van der Waals surface area contributed by atoms with Gasteiger partial charge in [0.15, 0.2) is 0 Å². The maximum Gasteiger partial charge on any atom is 0.302 e. The van der Waals surface area contributed by atoms with Gasteiger partial charge in [-0.2, -0.15) is 0 Å². The van der Waals surface area contributed by atoms with Gasteiger partial charge in [-0.15, -0.1) is 0 Å². The highest BCUT2D eigenvalue weighted by molar-refractivity contribution is 5.65. The zero-order chi connectivity index (χ0) is 17.8. The highest BCUT2D eigenvalue weighted by Crippen LogP contribution is 2.19. The third-order valence-corrected chi connectivity index (χ3v) is 4.79. The van der Waals surface area contributed by atoms with Crippen LogP contribution in [0.3, 0.4) is 0 Å². The van der Waals surface area contributed by atoms with Crippen molar-refractivity contribution in [1.29, 1.82) is 0 Å². The molecule has 24 heavy (non-hydrogen) atoms. The lowest BCUT2D eigenvalue weighted by Crippen LogP contribution is -2.43. The van der Waals surface area contributed by atoms with Gasteiger partial charge in [0.25, 0.3) is 0 Å². The van der Waals surface area contributed by atoms with E-state index in [1.165, 1.54) is 39.2 Å². The summed E-state index contributed by atoms with van der Waals surface area (Å²) in [5.74, 6) is 1.32. The standard InChI is InChI=1S/C20H39NO3/c1-17(2)9-5-7-11-21-12-14-24-20(16-21)15-18(3)10-6-8-13-23-19(4)22/h17-18,20H,5-16H2,1-4H3/t18-,20?/m1/s1. The largest absolute Gasteiger partial charge is 0.466 e. The molecule has 0 radical (unpaired) electrons. The fourth-order valence-electron chi connectivity index (χ4n) is 3.39. The molecule has 0 aromatic rings. The van der Waals surface area contributed by atoms with Gasteiger partial charge >= 0.3 is 5.97 Å². The topological polar surface area (TPSA) is 38.8 Å². The minimum Gasteiger partial charge on any atom is -0.466 e.